The van der Waals surface area contributed by atoms with E-state index in [0.717, 1.165) is 24.3 Å². The number of rotatable bonds is 7. The fraction of sp³-hybridized carbons (Fsp3) is 0.444. The molecule has 2 amide bonds. The second-order valence-electron chi connectivity index (χ2n) is 6.14. The molecule has 1 aliphatic heterocycles. The number of carbonyl (C=O) groups is 2. The van der Waals surface area contributed by atoms with E-state index in [1.54, 1.807) is 19.3 Å². The van der Waals surface area contributed by atoms with Crippen molar-refractivity contribution in [1.29, 1.82) is 0 Å². The normalized spacial score (nSPS) is 15.3. The number of nitrogens with zero attached hydrogens (tertiary/aromatic N) is 2. The van der Waals surface area contributed by atoms with E-state index >= 15 is 0 Å². The van der Waals surface area contributed by atoms with Crippen LogP contribution in [0.1, 0.15) is 5.56 Å². The zero-order valence-electron chi connectivity index (χ0n) is 15.1. The van der Waals surface area contributed by atoms with Crippen LogP contribution in [0, 0.1) is 6.92 Å². The second kappa shape index (κ2) is 9.45. The Morgan fingerprint density at radius 2 is 2.00 bits per heavy atom. The van der Waals surface area contributed by atoms with Crippen molar-refractivity contribution < 1.29 is 14.3 Å². The second-order valence-corrected chi connectivity index (χ2v) is 6.55. The first kappa shape index (κ1) is 20.1. The molecule has 1 heterocycles. The van der Waals surface area contributed by atoms with Crippen molar-refractivity contribution in [2.24, 2.45) is 5.73 Å². The number of nitrogens with one attached hydrogen (secondary N) is 1. The number of halogens is 1. The van der Waals surface area contributed by atoms with Crippen LogP contribution in [-0.2, 0) is 9.59 Å². The summed E-state index contributed by atoms with van der Waals surface area (Å²) in [6.45, 7) is 5.59. The summed E-state index contributed by atoms with van der Waals surface area (Å²) in [5, 5.41) is 3.76. The van der Waals surface area contributed by atoms with Gasteiger partial charge in [0.25, 0.3) is 0 Å². The summed E-state index contributed by atoms with van der Waals surface area (Å²) >= 11 is 6.10. The van der Waals surface area contributed by atoms with Crippen molar-refractivity contribution in [1.82, 2.24) is 9.80 Å². The van der Waals surface area contributed by atoms with Crippen LogP contribution < -0.4 is 15.8 Å². The highest BCUT2D eigenvalue weighted by molar-refractivity contribution is 6.31. The molecule has 0 atom stereocenters. The van der Waals surface area contributed by atoms with Crippen molar-refractivity contribution in [2.45, 2.75) is 6.92 Å². The first-order valence-electron chi connectivity index (χ1n) is 8.45. The monoisotopic (exact) mass is 380 g/mol. The predicted molar refractivity (Wildman–Crippen MR) is 103 cm³/mol. The maximum atomic E-state index is 12.4. The minimum absolute atomic E-state index is 0.0342. The van der Waals surface area contributed by atoms with Crippen LogP contribution in [0.3, 0.4) is 0 Å². The van der Waals surface area contributed by atoms with E-state index in [-0.39, 0.29) is 12.5 Å². The standard InChI is InChI=1S/C18H25ClN4O3/c1-13-10-15(16(26-2)11-14(13)19)21-12-18(25)23-8-6-22(7-9-23)5-3-4-17(20)24/h3-4,10-11,21H,5-9,12H2,1-2H3,(H2,20,24). The van der Waals surface area contributed by atoms with Crippen LogP contribution in [0.2, 0.25) is 5.02 Å². The Hall–Kier alpha value is -2.25. The molecule has 0 spiro atoms. The van der Waals surface area contributed by atoms with E-state index in [9.17, 15) is 9.59 Å². The molecule has 142 valence electrons. The van der Waals surface area contributed by atoms with Gasteiger partial charge in [-0.1, -0.05) is 17.7 Å². The Kier molecular flexibility index (Phi) is 7.29. The molecule has 0 radical (unpaired) electrons. The predicted octanol–water partition coefficient (Wildman–Crippen LogP) is 1.25. The molecular formula is C18H25ClN4O3. The lowest BCUT2D eigenvalue weighted by Gasteiger charge is -2.34. The third-order valence-corrected chi connectivity index (χ3v) is 4.69. The van der Waals surface area contributed by atoms with Crippen LogP contribution in [0.4, 0.5) is 5.69 Å². The number of primary amides is 1. The number of nitrogens with two attached hydrogens (primary N) is 1. The molecule has 8 heteroatoms. The summed E-state index contributed by atoms with van der Waals surface area (Å²) in [6, 6.07) is 3.61. The lowest BCUT2D eigenvalue weighted by molar-refractivity contribution is -0.130. The van der Waals surface area contributed by atoms with E-state index in [4.69, 9.17) is 22.1 Å². The molecule has 1 aromatic rings. The maximum absolute atomic E-state index is 12.4. The number of benzene rings is 1. The van der Waals surface area contributed by atoms with Crippen molar-refractivity contribution in [3.63, 3.8) is 0 Å². The molecule has 0 unspecified atom stereocenters. The van der Waals surface area contributed by atoms with Gasteiger partial charge in [-0.05, 0) is 24.6 Å². The molecule has 0 aliphatic carbocycles. The number of amides is 2. The van der Waals surface area contributed by atoms with Crippen LogP contribution >= 0.6 is 11.6 Å². The zero-order chi connectivity index (χ0) is 19.1. The molecular weight excluding hydrogens is 356 g/mol. The van der Waals surface area contributed by atoms with Crippen LogP contribution in [0.25, 0.3) is 0 Å². The van der Waals surface area contributed by atoms with Gasteiger partial charge in [0.2, 0.25) is 11.8 Å². The smallest absolute Gasteiger partial charge is 0.241 e. The molecule has 3 N–H and O–H groups in total. The Morgan fingerprint density at radius 1 is 1.31 bits per heavy atom. The Morgan fingerprint density at radius 3 is 2.62 bits per heavy atom. The molecule has 7 nitrogen and oxygen atoms in total. The van der Waals surface area contributed by atoms with Crippen molar-refractivity contribution >= 4 is 29.1 Å². The average molecular weight is 381 g/mol. The first-order chi connectivity index (χ1) is 12.4. The van der Waals surface area contributed by atoms with Gasteiger partial charge in [-0.15, -0.1) is 0 Å². The summed E-state index contributed by atoms with van der Waals surface area (Å²) in [4.78, 5) is 27.1. The topological polar surface area (TPSA) is 87.9 Å². The fourth-order valence-corrected chi connectivity index (χ4v) is 2.90. The summed E-state index contributed by atoms with van der Waals surface area (Å²) < 4.78 is 5.31. The molecule has 1 saturated heterocycles. The molecule has 1 aliphatic rings. The molecule has 2 rings (SSSR count). The highest BCUT2D eigenvalue weighted by atomic mass is 35.5. The zero-order valence-corrected chi connectivity index (χ0v) is 15.9. The van der Waals surface area contributed by atoms with Crippen LogP contribution in [0.15, 0.2) is 24.3 Å². The van der Waals surface area contributed by atoms with Crippen molar-refractivity contribution in [3.05, 3.63) is 34.9 Å². The van der Waals surface area contributed by atoms with Gasteiger partial charge in [0.05, 0.1) is 19.3 Å². The first-order valence-corrected chi connectivity index (χ1v) is 8.82. The Balaban J connectivity index is 1.83. The molecule has 1 aromatic carbocycles. The third kappa shape index (κ3) is 5.64. The highest BCUT2D eigenvalue weighted by Gasteiger charge is 2.20. The van der Waals surface area contributed by atoms with Gasteiger partial charge in [-0.25, -0.2) is 0 Å². The summed E-state index contributed by atoms with van der Waals surface area (Å²) in [5.74, 6) is 0.198. The number of methoxy groups -OCH3 is 1. The number of piperazine rings is 1. The largest absolute Gasteiger partial charge is 0.495 e. The Bertz CT molecular complexity index is 685. The van der Waals surface area contributed by atoms with Crippen molar-refractivity contribution in [2.75, 3.05) is 51.7 Å². The minimum Gasteiger partial charge on any atom is -0.495 e. The number of ether oxygens (including phenoxy) is 1. The average Bonchev–Trinajstić information content (AvgIpc) is 2.62. The van der Waals surface area contributed by atoms with E-state index in [0.29, 0.717) is 30.4 Å². The number of carbonyl (C=O) groups excluding carboxylic acids is 2. The van der Waals surface area contributed by atoms with Gasteiger partial charge in [0.15, 0.2) is 0 Å². The fourth-order valence-electron chi connectivity index (χ4n) is 2.75. The van der Waals surface area contributed by atoms with Gasteiger partial charge in [-0.3, -0.25) is 14.5 Å². The number of hydrogen-bond donors (Lipinski definition) is 2. The molecule has 0 saturated carbocycles. The SMILES string of the molecule is COc1cc(Cl)c(C)cc1NCC(=O)N1CCN(CC=CC(N)=O)CC1. The lowest BCUT2D eigenvalue weighted by atomic mass is 10.2. The quantitative estimate of drug-likeness (QED) is 0.695. The van der Waals surface area contributed by atoms with E-state index < -0.39 is 5.91 Å². The van der Waals surface area contributed by atoms with Crippen LogP contribution in [-0.4, -0.2) is 68.0 Å². The summed E-state index contributed by atoms with van der Waals surface area (Å²) in [6.07, 6.45) is 3.11. The number of anilines is 1. The minimum atomic E-state index is -0.447. The van der Waals surface area contributed by atoms with Gasteiger partial charge in [0, 0.05) is 43.8 Å². The van der Waals surface area contributed by atoms with Gasteiger partial charge in [0.1, 0.15) is 5.75 Å². The molecule has 0 bridgehead atoms. The lowest BCUT2D eigenvalue weighted by Crippen LogP contribution is -2.50. The van der Waals surface area contributed by atoms with Gasteiger partial charge >= 0.3 is 0 Å². The molecule has 1 fully saturated rings. The Labute approximate surface area is 158 Å². The van der Waals surface area contributed by atoms with Gasteiger partial charge in [-0.2, -0.15) is 0 Å². The molecule has 0 aromatic heterocycles. The summed E-state index contributed by atoms with van der Waals surface area (Å²) in [5.41, 5.74) is 6.73. The van der Waals surface area contributed by atoms with Crippen molar-refractivity contribution in [3.8, 4) is 5.75 Å². The highest BCUT2D eigenvalue weighted by Crippen LogP contribution is 2.30. The number of hydrogen-bond acceptors (Lipinski definition) is 5. The summed E-state index contributed by atoms with van der Waals surface area (Å²) in [7, 11) is 1.57. The number of aryl methyl sites for hydroxylation is 1. The molecule has 26 heavy (non-hydrogen) atoms. The van der Waals surface area contributed by atoms with E-state index in [1.165, 1.54) is 6.08 Å². The maximum Gasteiger partial charge on any atom is 0.241 e. The third-order valence-electron chi connectivity index (χ3n) is 4.28. The van der Waals surface area contributed by atoms with E-state index in [2.05, 4.69) is 10.2 Å². The van der Waals surface area contributed by atoms with Crippen LogP contribution in [0.5, 0.6) is 5.75 Å². The van der Waals surface area contributed by atoms with E-state index in [1.807, 2.05) is 17.9 Å². The van der Waals surface area contributed by atoms with Gasteiger partial charge < -0.3 is 20.7 Å².